The van der Waals surface area contributed by atoms with Crippen molar-refractivity contribution < 1.29 is 14.6 Å². The van der Waals surface area contributed by atoms with Crippen LogP contribution in [0.25, 0.3) is 0 Å². The minimum Gasteiger partial charge on any atom is -0.444 e. The number of aliphatic hydroxyl groups is 1. The smallest absolute Gasteiger partial charge is 0.410 e. The van der Waals surface area contributed by atoms with Gasteiger partial charge in [0.05, 0.1) is 12.6 Å². The number of carbonyl (C=O) groups is 1. The van der Waals surface area contributed by atoms with Crippen molar-refractivity contribution in [1.82, 2.24) is 4.90 Å². The van der Waals surface area contributed by atoms with Gasteiger partial charge in [-0.25, -0.2) is 4.79 Å². The van der Waals surface area contributed by atoms with Crippen molar-refractivity contribution in [2.75, 3.05) is 13.7 Å². The molecule has 1 aromatic rings. The first kappa shape index (κ1) is 15.8. The highest BCUT2D eigenvalue weighted by Gasteiger charge is 2.26. The highest BCUT2D eigenvalue weighted by molar-refractivity contribution is 6.30. The molecule has 1 unspecified atom stereocenters. The normalized spacial score (nSPS) is 12.9. The van der Waals surface area contributed by atoms with Crippen LogP contribution in [0.5, 0.6) is 0 Å². The number of hydrogen-bond donors (Lipinski definition) is 1. The first-order valence-corrected chi connectivity index (χ1v) is 6.44. The van der Waals surface area contributed by atoms with Gasteiger partial charge in [0, 0.05) is 12.1 Å². The van der Waals surface area contributed by atoms with E-state index in [0.29, 0.717) is 5.02 Å². The Morgan fingerprint density at radius 3 is 2.58 bits per heavy atom. The molecule has 0 saturated carbocycles. The van der Waals surface area contributed by atoms with E-state index in [1.54, 1.807) is 46.0 Å². The van der Waals surface area contributed by atoms with Crippen LogP contribution in [-0.2, 0) is 4.74 Å². The molecular weight excluding hydrogens is 266 g/mol. The van der Waals surface area contributed by atoms with Crippen LogP contribution < -0.4 is 0 Å². The Hall–Kier alpha value is -1.26. The number of hydrogen-bond acceptors (Lipinski definition) is 3. The number of nitrogens with zero attached hydrogens (tertiary/aromatic N) is 1. The van der Waals surface area contributed by atoms with E-state index in [9.17, 15) is 9.90 Å². The maximum atomic E-state index is 12.0. The van der Waals surface area contributed by atoms with Crippen molar-refractivity contribution >= 4 is 17.7 Å². The van der Waals surface area contributed by atoms with E-state index in [2.05, 4.69) is 0 Å². The summed E-state index contributed by atoms with van der Waals surface area (Å²) in [4.78, 5) is 13.3. The van der Waals surface area contributed by atoms with Gasteiger partial charge in [0.15, 0.2) is 0 Å². The maximum absolute atomic E-state index is 12.0. The molecule has 1 amide bonds. The third-order valence-corrected chi connectivity index (χ3v) is 2.79. The molecule has 0 aromatic heterocycles. The van der Waals surface area contributed by atoms with Gasteiger partial charge in [0.1, 0.15) is 5.60 Å². The molecule has 1 rings (SSSR count). The van der Waals surface area contributed by atoms with E-state index in [1.165, 1.54) is 4.90 Å². The number of amides is 1. The SMILES string of the molecule is CN(C(=O)OC(C)(C)C)C(CO)c1cccc(Cl)c1. The molecule has 0 spiro atoms. The van der Waals surface area contributed by atoms with Crippen LogP contribution in [0, 0.1) is 0 Å². The van der Waals surface area contributed by atoms with E-state index in [-0.39, 0.29) is 6.61 Å². The lowest BCUT2D eigenvalue weighted by molar-refractivity contribution is 0.0159. The number of aliphatic hydroxyl groups excluding tert-OH is 1. The van der Waals surface area contributed by atoms with E-state index in [1.807, 2.05) is 6.07 Å². The fraction of sp³-hybridized carbons (Fsp3) is 0.500. The Balaban J connectivity index is 2.88. The Bertz CT molecular complexity index is 443. The summed E-state index contributed by atoms with van der Waals surface area (Å²) in [5.74, 6) is 0. The lowest BCUT2D eigenvalue weighted by atomic mass is 10.1. The molecule has 0 heterocycles. The molecule has 1 aromatic carbocycles. The monoisotopic (exact) mass is 285 g/mol. The summed E-state index contributed by atoms with van der Waals surface area (Å²) >= 11 is 5.92. The van der Waals surface area contributed by atoms with Gasteiger partial charge in [-0.3, -0.25) is 0 Å². The van der Waals surface area contributed by atoms with Crippen LogP contribution in [0.1, 0.15) is 32.4 Å². The van der Waals surface area contributed by atoms with Gasteiger partial charge in [-0.05, 0) is 38.5 Å². The fourth-order valence-electron chi connectivity index (χ4n) is 1.63. The van der Waals surface area contributed by atoms with Crippen molar-refractivity contribution in [2.45, 2.75) is 32.4 Å². The zero-order valence-electron chi connectivity index (χ0n) is 11.7. The molecular formula is C14H20ClNO3. The number of likely N-dealkylation sites (N-methyl/N-ethyl adjacent to an activating group) is 1. The van der Waals surface area contributed by atoms with E-state index < -0.39 is 17.7 Å². The zero-order chi connectivity index (χ0) is 14.6. The number of ether oxygens (including phenoxy) is 1. The summed E-state index contributed by atoms with van der Waals surface area (Å²) in [6.07, 6.45) is -0.480. The first-order valence-electron chi connectivity index (χ1n) is 6.06. The van der Waals surface area contributed by atoms with Crippen molar-refractivity contribution in [3.63, 3.8) is 0 Å². The molecule has 0 aliphatic carbocycles. The summed E-state index contributed by atoms with van der Waals surface area (Å²) in [7, 11) is 1.59. The largest absolute Gasteiger partial charge is 0.444 e. The Morgan fingerprint density at radius 2 is 2.11 bits per heavy atom. The molecule has 0 bridgehead atoms. The number of halogens is 1. The molecule has 19 heavy (non-hydrogen) atoms. The van der Waals surface area contributed by atoms with Crippen molar-refractivity contribution in [3.8, 4) is 0 Å². The minimum absolute atomic E-state index is 0.198. The third kappa shape index (κ3) is 4.73. The van der Waals surface area contributed by atoms with Crippen LogP contribution >= 0.6 is 11.6 Å². The molecule has 106 valence electrons. The van der Waals surface area contributed by atoms with Crippen LogP contribution in [-0.4, -0.2) is 35.4 Å². The molecule has 1 atom stereocenters. The maximum Gasteiger partial charge on any atom is 0.410 e. The molecule has 4 nitrogen and oxygen atoms in total. The van der Waals surface area contributed by atoms with Crippen molar-refractivity contribution in [2.24, 2.45) is 0 Å². The van der Waals surface area contributed by atoms with Crippen molar-refractivity contribution in [3.05, 3.63) is 34.9 Å². The second-order valence-electron chi connectivity index (χ2n) is 5.34. The second kappa shape index (κ2) is 6.26. The summed E-state index contributed by atoms with van der Waals surface area (Å²) in [5, 5.41) is 10.1. The molecule has 0 saturated heterocycles. The number of rotatable bonds is 3. The Labute approximate surface area is 118 Å². The molecule has 1 N–H and O–H groups in total. The summed E-state index contributed by atoms with van der Waals surface area (Å²) in [6, 6.07) is 6.58. The van der Waals surface area contributed by atoms with Gasteiger partial charge in [-0.1, -0.05) is 23.7 Å². The third-order valence-electron chi connectivity index (χ3n) is 2.56. The summed E-state index contributed by atoms with van der Waals surface area (Å²) in [5.41, 5.74) is 0.197. The topological polar surface area (TPSA) is 49.8 Å². The van der Waals surface area contributed by atoms with Gasteiger partial charge in [0.25, 0.3) is 0 Å². The summed E-state index contributed by atoms with van der Waals surface area (Å²) < 4.78 is 5.28. The lowest BCUT2D eigenvalue weighted by Crippen LogP contribution is -2.37. The summed E-state index contributed by atoms with van der Waals surface area (Å²) in [6.45, 7) is 5.19. The quantitative estimate of drug-likeness (QED) is 0.927. The number of carbonyl (C=O) groups excluding carboxylic acids is 1. The van der Waals surface area contributed by atoms with Gasteiger partial charge < -0.3 is 14.7 Å². The lowest BCUT2D eigenvalue weighted by Gasteiger charge is -2.30. The Kier molecular flexibility index (Phi) is 5.20. The van der Waals surface area contributed by atoms with E-state index in [0.717, 1.165) is 5.56 Å². The molecule has 0 fully saturated rings. The van der Waals surface area contributed by atoms with Gasteiger partial charge in [-0.15, -0.1) is 0 Å². The minimum atomic E-state index is -0.570. The highest BCUT2D eigenvalue weighted by Crippen LogP contribution is 2.23. The molecule has 5 heteroatoms. The highest BCUT2D eigenvalue weighted by atomic mass is 35.5. The van der Waals surface area contributed by atoms with Crippen molar-refractivity contribution in [1.29, 1.82) is 0 Å². The molecule has 0 radical (unpaired) electrons. The van der Waals surface area contributed by atoms with E-state index >= 15 is 0 Å². The van der Waals surface area contributed by atoms with Gasteiger partial charge >= 0.3 is 6.09 Å². The fourth-order valence-corrected chi connectivity index (χ4v) is 1.83. The Morgan fingerprint density at radius 1 is 1.47 bits per heavy atom. The average Bonchev–Trinajstić information content (AvgIpc) is 2.27. The van der Waals surface area contributed by atoms with Crippen LogP contribution in [0.3, 0.4) is 0 Å². The standard InChI is InChI=1S/C14H20ClNO3/c1-14(2,3)19-13(18)16(4)12(9-17)10-6-5-7-11(15)8-10/h5-8,12,17H,9H2,1-4H3. The van der Waals surface area contributed by atoms with Crippen LogP contribution in [0.15, 0.2) is 24.3 Å². The molecule has 0 aliphatic rings. The average molecular weight is 286 g/mol. The van der Waals surface area contributed by atoms with Gasteiger partial charge in [-0.2, -0.15) is 0 Å². The zero-order valence-corrected chi connectivity index (χ0v) is 12.4. The number of benzene rings is 1. The first-order chi connectivity index (χ1) is 8.74. The van der Waals surface area contributed by atoms with E-state index in [4.69, 9.17) is 16.3 Å². The van der Waals surface area contributed by atoms with Crippen LogP contribution in [0.4, 0.5) is 4.79 Å². The predicted octanol–water partition coefficient (Wildman–Crippen LogP) is 3.24. The molecule has 0 aliphatic heterocycles. The van der Waals surface area contributed by atoms with Gasteiger partial charge in [0.2, 0.25) is 0 Å². The van der Waals surface area contributed by atoms with Crippen LogP contribution in [0.2, 0.25) is 5.02 Å². The predicted molar refractivity (Wildman–Crippen MR) is 75.3 cm³/mol. The second-order valence-corrected chi connectivity index (χ2v) is 5.78.